The Kier molecular flexibility index (Phi) is 4.59. The van der Waals surface area contributed by atoms with E-state index in [1.807, 2.05) is 0 Å². The van der Waals surface area contributed by atoms with Gasteiger partial charge in [-0.3, -0.25) is 19.7 Å². The number of nitrogens with one attached hydrogen (secondary N) is 1. The first-order valence-corrected chi connectivity index (χ1v) is 7.15. The molecular weight excluding hydrogens is 294 g/mol. The Hall–Kier alpha value is -2.35. The Balaban J connectivity index is 2.07. The SMILES string of the molecule is Cc1ccc([N+](=O)[O-])cc1NC(=O)CN1C=CSCC1=O. The number of hydrogen-bond donors (Lipinski definition) is 1. The number of benzene rings is 1. The van der Waals surface area contributed by atoms with E-state index < -0.39 is 10.8 Å². The Morgan fingerprint density at radius 3 is 2.95 bits per heavy atom. The highest BCUT2D eigenvalue weighted by Crippen LogP contribution is 2.22. The first-order valence-electron chi connectivity index (χ1n) is 6.10. The van der Waals surface area contributed by atoms with Gasteiger partial charge in [-0.1, -0.05) is 6.07 Å². The zero-order valence-electron chi connectivity index (χ0n) is 11.2. The lowest BCUT2D eigenvalue weighted by Crippen LogP contribution is -2.36. The van der Waals surface area contributed by atoms with Gasteiger partial charge in [-0.25, -0.2) is 0 Å². The lowest BCUT2D eigenvalue weighted by Gasteiger charge is -2.20. The van der Waals surface area contributed by atoms with Gasteiger partial charge in [0.05, 0.1) is 16.4 Å². The monoisotopic (exact) mass is 307 g/mol. The first kappa shape index (κ1) is 15.0. The summed E-state index contributed by atoms with van der Waals surface area (Å²) in [5, 5.41) is 15.1. The maximum absolute atomic E-state index is 11.9. The van der Waals surface area contributed by atoms with Crippen LogP contribution in [0.15, 0.2) is 29.8 Å². The van der Waals surface area contributed by atoms with Crippen molar-refractivity contribution >= 4 is 35.0 Å². The van der Waals surface area contributed by atoms with E-state index in [2.05, 4.69) is 5.32 Å². The fraction of sp³-hybridized carbons (Fsp3) is 0.231. The third-order valence-corrected chi connectivity index (χ3v) is 3.61. The van der Waals surface area contributed by atoms with Crippen LogP contribution in [0, 0.1) is 17.0 Å². The highest BCUT2D eigenvalue weighted by Gasteiger charge is 2.18. The molecule has 1 aliphatic heterocycles. The zero-order chi connectivity index (χ0) is 15.4. The van der Waals surface area contributed by atoms with E-state index in [0.29, 0.717) is 17.0 Å². The fourth-order valence-corrected chi connectivity index (χ4v) is 2.38. The average Bonchev–Trinajstić information content (AvgIpc) is 2.43. The molecule has 0 atom stereocenters. The molecule has 110 valence electrons. The third-order valence-electron chi connectivity index (χ3n) is 2.88. The number of anilines is 1. The molecule has 2 amide bonds. The van der Waals surface area contributed by atoms with Gasteiger partial charge in [-0.2, -0.15) is 0 Å². The molecule has 0 radical (unpaired) electrons. The number of nitrogens with zero attached hydrogens (tertiary/aromatic N) is 2. The summed E-state index contributed by atoms with van der Waals surface area (Å²) in [6.45, 7) is 1.62. The second-order valence-electron chi connectivity index (χ2n) is 4.42. The van der Waals surface area contributed by atoms with E-state index in [1.165, 1.54) is 28.8 Å². The van der Waals surface area contributed by atoms with Crippen molar-refractivity contribution in [3.63, 3.8) is 0 Å². The predicted molar refractivity (Wildman–Crippen MR) is 79.8 cm³/mol. The minimum absolute atomic E-state index is 0.0961. The zero-order valence-corrected chi connectivity index (χ0v) is 12.1. The Morgan fingerprint density at radius 1 is 1.52 bits per heavy atom. The van der Waals surface area contributed by atoms with Crippen LogP contribution in [0.5, 0.6) is 0 Å². The molecule has 7 nitrogen and oxygen atoms in total. The molecule has 21 heavy (non-hydrogen) atoms. The molecule has 1 heterocycles. The second-order valence-corrected chi connectivity index (χ2v) is 5.32. The van der Waals surface area contributed by atoms with Gasteiger partial charge >= 0.3 is 0 Å². The molecule has 0 aliphatic carbocycles. The highest BCUT2D eigenvalue weighted by molar-refractivity contribution is 8.02. The standard InChI is InChI=1S/C13H13N3O4S/c1-9-2-3-10(16(19)20)6-11(9)14-12(17)7-15-4-5-21-8-13(15)18/h2-6H,7-8H2,1H3,(H,14,17). The summed E-state index contributed by atoms with van der Waals surface area (Å²) >= 11 is 1.37. The number of rotatable bonds is 4. The summed E-state index contributed by atoms with van der Waals surface area (Å²) in [4.78, 5) is 35.1. The molecule has 0 fully saturated rings. The summed E-state index contributed by atoms with van der Waals surface area (Å²) in [6, 6.07) is 4.24. The fourth-order valence-electron chi connectivity index (χ4n) is 1.75. The molecular formula is C13H13N3O4S. The normalized spacial score (nSPS) is 14.1. The van der Waals surface area contributed by atoms with Crippen molar-refractivity contribution in [1.29, 1.82) is 0 Å². The van der Waals surface area contributed by atoms with E-state index in [9.17, 15) is 19.7 Å². The van der Waals surface area contributed by atoms with Gasteiger partial charge in [0.2, 0.25) is 11.8 Å². The summed E-state index contributed by atoms with van der Waals surface area (Å²) in [7, 11) is 0. The van der Waals surface area contributed by atoms with Crippen LogP contribution in [0.4, 0.5) is 11.4 Å². The van der Waals surface area contributed by atoms with Gasteiger partial charge in [-0.15, -0.1) is 11.8 Å². The minimum atomic E-state index is -0.525. The van der Waals surface area contributed by atoms with E-state index in [4.69, 9.17) is 0 Å². The van der Waals surface area contributed by atoms with Crippen molar-refractivity contribution in [2.75, 3.05) is 17.6 Å². The third kappa shape index (κ3) is 3.82. The van der Waals surface area contributed by atoms with Gasteiger partial charge in [-0.05, 0) is 17.9 Å². The van der Waals surface area contributed by atoms with Crippen LogP contribution in [-0.2, 0) is 9.59 Å². The number of non-ortho nitro benzene ring substituents is 1. The van der Waals surface area contributed by atoms with Gasteiger partial charge in [0, 0.05) is 18.3 Å². The number of aryl methyl sites for hydroxylation is 1. The lowest BCUT2D eigenvalue weighted by molar-refractivity contribution is -0.384. The molecule has 0 aromatic heterocycles. The van der Waals surface area contributed by atoms with Crippen LogP contribution in [-0.4, -0.2) is 33.9 Å². The van der Waals surface area contributed by atoms with Gasteiger partial charge in [0.1, 0.15) is 6.54 Å². The largest absolute Gasteiger partial charge is 0.324 e. The van der Waals surface area contributed by atoms with Crippen LogP contribution in [0.2, 0.25) is 0 Å². The Labute approximate surface area is 125 Å². The predicted octanol–water partition coefficient (Wildman–Crippen LogP) is 1.89. The van der Waals surface area contributed by atoms with Crippen molar-refractivity contribution in [2.24, 2.45) is 0 Å². The maximum atomic E-state index is 11.9. The summed E-state index contributed by atoms with van der Waals surface area (Å²) in [5.74, 6) is -0.239. The highest BCUT2D eigenvalue weighted by atomic mass is 32.2. The molecule has 1 aromatic carbocycles. The molecule has 8 heteroatoms. The smallest absolute Gasteiger partial charge is 0.271 e. The summed E-state index contributed by atoms with van der Waals surface area (Å²) < 4.78 is 0. The van der Waals surface area contributed by atoms with Crippen molar-refractivity contribution in [3.8, 4) is 0 Å². The molecule has 0 saturated carbocycles. The number of carbonyl (C=O) groups is 2. The second kappa shape index (κ2) is 6.40. The number of thioether (sulfide) groups is 1. The molecule has 1 aliphatic rings. The molecule has 2 rings (SSSR count). The minimum Gasteiger partial charge on any atom is -0.324 e. The van der Waals surface area contributed by atoms with Crippen molar-refractivity contribution < 1.29 is 14.5 Å². The number of amides is 2. The van der Waals surface area contributed by atoms with Gasteiger partial charge in [0.15, 0.2) is 0 Å². The maximum Gasteiger partial charge on any atom is 0.271 e. The lowest BCUT2D eigenvalue weighted by atomic mass is 10.2. The quantitative estimate of drug-likeness (QED) is 0.677. The van der Waals surface area contributed by atoms with Crippen LogP contribution in [0.1, 0.15) is 5.56 Å². The van der Waals surface area contributed by atoms with E-state index in [1.54, 1.807) is 24.6 Å². The van der Waals surface area contributed by atoms with Gasteiger partial charge in [0.25, 0.3) is 5.69 Å². The van der Waals surface area contributed by atoms with Crippen molar-refractivity contribution in [3.05, 3.63) is 45.5 Å². The van der Waals surface area contributed by atoms with Crippen LogP contribution in [0.3, 0.4) is 0 Å². The number of nitro groups is 1. The first-order chi connectivity index (χ1) is 9.97. The topological polar surface area (TPSA) is 92.6 Å². The van der Waals surface area contributed by atoms with E-state index in [-0.39, 0.29) is 18.1 Å². The Bertz CT molecular complexity index is 630. The number of nitro benzene ring substituents is 1. The van der Waals surface area contributed by atoms with Gasteiger partial charge < -0.3 is 10.2 Å². The Morgan fingerprint density at radius 2 is 2.29 bits per heavy atom. The van der Waals surface area contributed by atoms with E-state index in [0.717, 1.165) is 0 Å². The van der Waals surface area contributed by atoms with Crippen LogP contribution in [0.25, 0.3) is 0 Å². The molecule has 0 spiro atoms. The van der Waals surface area contributed by atoms with Crippen LogP contribution >= 0.6 is 11.8 Å². The van der Waals surface area contributed by atoms with E-state index >= 15 is 0 Å². The summed E-state index contributed by atoms with van der Waals surface area (Å²) in [5.41, 5.74) is 0.989. The molecule has 1 N–H and O–H groups in total. The number of carbonyl (C=O) groups excluding carboxylic acids is 2. The van der Waals surface area contributed by atoms with Crippen LogP contribution < -0.4 is 5.32 Å². The molecule has 0 bridgehead atoms. The number of hydrogen-bond acceptors (Lipinski definition) is 5. The average molecular weight is 307 g/mol. The van der Waals surface area contributed by atoms with Crippen molar-refractivity contribution in [2.45, 2.75) is 6.92 Å². The molecule has 0 saturated heterocycles. The summed E-state index contributed by atoms with van der Waals surface area (Å²) in [6.07, 6.45) is 1.55. The molecule has 0 unspecified atom stereocenters. The molecule has 1 aromatic rings. The van der Waals surface area contributed by atoms with Crippen molar-refractivity contribution in [1.82, 2.24) is 4.90 Å².